The number of para-hydroxylation sites is 1. The summed E-state index contributed by atoms with van der Waals surface area (Å²) in [6.45, 7) is 3.47. The summed E-state index contributed by atoms with van der Waals surface area (Å²) in [6.07, 6.45) is 1.77. The molecule has 3 aromatic carbocycles. The first-order valence-corrected chi connectivity index (χ1v) is 12.3. The van der Waals surface area contributed by atoms with E-state index in [1.54, 1.807) is 34.1 Å². The summed E-state index contributed by atoms with van der Waals surface area (Å²) in [6, 6.07) is 19.4. The Morgan fingerprint density at radius 3 is 2.44 bits per heavy atom. The smallest absolute Gasteiger partial charge is 0.257 e. The molecule has 7 heteroatoms. The van der Waals surface area contributed by atoms with Crippen LogP contribution in [0.25, 0.3) is 0 Å². The molecule has 0 saturated heterocycles. The molecule has 0 aromatic heterocycles. The summed E-state index contributed by atoms with van der Waals surface area (Å²) in [7, 11) is 0. The third kappa shape index (κ3) is 5.90. The molecular formula is C29H30F2N2O3. The molecule has 0 N–H and O–H groups in total. The average Bonchev–Trinajstić information content (AvgIpc) is 2.88. The van der Waals surface area contributed by atoms with Gasteiger partial charge in [0.1, 0.15) is 24.0 Å². The lowest BCUT2D eigenvalue weighted by Crippen LogP contribution is -2.46. The van der Waals surface area contributed by atoms with Gasteiger partial charge in [-0.05, 0) is 56.0 Å². The molecule has 1 heterocycles. The van der Waals surface area contributed by atoms with Gasteiger partial charge in [0.25, 0.3) is 11.8 Å². The molecule has 0 radical (unpaired) electrons. The van der Waals surface area contributed by atoms with Crippen LogP contribution in [0, 0.1) is 11.6 Å². The predicted octanol–water partition coefficient (Wildman–Crippen LogP) is 5.35. The number of ether oxygens (including phenoxy) is 1. The molecule has 0 aliphatic carbocycles. The highest BCUT2D eigenvalue weighted by atomic mass is 19.1. The van der Waals surface area contributed by atoms with Crippen molar-refractivity contribution in [3.63, 3.8) is 0 Å². The van der Waals surface area contributed by atoms with Gasteiger partial charge in [-0.1, -0.05) is 42.5 Å². The van der Waals surface area contributed by atoms with Crippen LogP contribution in [0.4, 0.5) is 8.78 Å². The Bertz CT molecular complexity index is 1200. The summed E-state index contributed by atoms with van der Waals surface area (Å²) < 4.78 is 34.4. The molecule has 3 aromatic rings. The molecule has 36 heavy (non-hydrogen) atoms. The minimum absolute atomic E-state index is 0.0883. The maximum Gasteiger partial charge on any atom is 0.257 e. The average molecular weight is 493 g/mol. The van der Waals surface area contributed by atoms with Gasteiger partial charge >= 0.3 is 0 Å². The molecule has 1 aliphatic heterocycles. The van der Waals surface area contributed by atoms with Gasteiger partial charge in [0, 0.05) is 25.7 Å². The van der Waals surface area contributed by atoms with E-state index < -0.39 is 23.6 Å². The van der Waals surface area contributed by atoms with Crippen LogP contribution in [0.2, 0.25) is 0 Å². The van der Waals surface area contributed by atoms with Gasteiger partial charge in [0.2, 0.25) is 0 Å². The molecule has 0 bridgehead atoms. The maximum atomic E-state index is 14.6. The van der Waals surface area contributed by atoms with Crippen molar-refractivity contribution < 1.29 is 23.1 Å². The van der Waals surface area contributed by atoms with Gasteiger partial charge in [-0.2, -0.15) is 0 Å². The first-order chi connectivity index (χ1) is 17.5. The second-order valence-corrected chi connectivity index (χ2v) is 8.87. The van der Waals surface area contributed by atoms with Gasteiger partial charge in [0.15, 0.2) is 0 Å². The molecule has 0 spiro atoms. The van der Waals surface area contributed by atoms with Crippen LogP contribution in [0.3, 0.4) is 0 Å². The molecule has 0 unspecified atom stereocenters. The number of benzene rings is 3. The maximum absolute atomic E-state index is 14.6. The van der Waals surface area contributed by atoms with Crippen LogP contribution < -0.4 is 4.74 Å². The highest BCUT2D eigenvalue weighted by Crippen LogP contribution is 2.24. The molecule has 0 fully saturated rings. The van der Waals surface area contributed by atoms with Crippen molar-refractivity contribution in [2.45, 2.75) is 32.2 Å². The summed E-state index contributed by atoms with van der Waals surface area (Å²) in [5.41, 5.74) is 1.30. The Morgan fingerprint density at radius 1 is 0.972 bits per heavy atom. The topological polar surface area (TPSA) is 49.9 Å². The van der Waals surface area contributed by atoms with E-state index in [0.29, 0.717) is 50.2 Å². The molecule has 188 valence electrons. The van der Waals surface area contributed by atoms with Crippen molar-refractivity contribution in [1.82, 2.24) is 9.80 Å². The molecule has 1 aliphatic rings. The van der Waals surface area contributed by atoms with Crippen LogP contribution in [0.15, 0.2) is 72.8 Å². The SMILES string of the molecule is CCN1CCCCN(C(=O)c2ccc(F)cc2F)[C@H](Cc2ccccc2)COc2ccccc2C1=O. The minimum atomic E-state index is -0.890. The van der Waals surface area contributed by atoms with E-state index in [-0.39, 0.29) is 18.1 Å². The lowest BCUT2D eigenvalue weighted by molar-refractivity contribution is 0.0582. The van der Waals surface area contributed by atoms with Crippen LogP contribution in [0.5, 0.6) is 5.75 Å². The minimum Gasteiger partial charge on any atom is -0.491 e. The number of hydrogen-bond acceptors (Lipinski definition) is 3. The van der Waals surface area contributed by atoms with Crippen molar-refractivity contribution >= 4 is 11.8 Å². The lowest BCUT2D eigenvalue weighted by Gasteiger charge is -2.33. The highest BCUT2D eigenvalue weighted by Gasteiger charge is 2.29. The summed E-state index contributed by atoms with van der Waals surface area (Å²) in [5.74, 6) is -1.78. The quantitative estimate of drug-likeness (QED) is 0.493. The van der Waals surface area contributed by atoms with Crippen molar-refractivity contribution in [2.24, 2.45) is 0 Å². The zero-order valence-electron chi connectivity index (χ0n) is 20.3. The van der Waals surface area contributed by atoms with Crippen molar-refractivity contribution in [3.8, 4) is 5.75 Å². The summed E-state index contributed by atoms with van der Waals surface area (Å²) >= 11 is 0. The van der Waals surface area contributed by atoms with Crippen LogP contribution in [-0.2, 0) is 6.42 Å². The second kappa shape index (κ2) is 11.8. The highest BCUT2D eigenvalue weighted by molar-refractivity contribution is 5.97. The Morgan fingerprint density at radius 2 is 1.69 bits per heavy atom. The number of carbonyl (C=O) groups is 2. The molecule has 0 saturated carbocycles. The van der Waals surface area contributed by atoms with E-state index in [1.807, 2.05) is 37.3 Å². The zero-order chi connectivity index (χ0) is 25.5. The molecule has 5 nitrogen and oxygen atoms in total. The van der Waals surface area contributed by atoms with Crippen molar-refractivity contribution in [2.75, 3.05) is 26.2 Å². The van der Waals surface area contributed by atoms with Crippen LogP contribution >= 0.6 is 0 Å². The number of halogens is 2. The molecular weight excluding hydrogens is 462 g/mol. The normalized spacial score (nSPS) is 17.0. The Kier molecular flexibility index (Phi) is 8.31. The molecule has 2 amide bonds. The van der Waals surface area contributed by atoms with Gasteiger partial charge < -0.3 is 14.5 Å². The number of amides is 2. The van der Waals surface area contributed by atoms with E-state index in [1.165, 1.54) is 6.07 Å². The van der Waals surface area contributed by atoms with Crippen LogP contribution in [0.1, 0.15) is 46.0 Å². The van der Waals surface area contributed by atoms with Gasteiger partial charge in [-0.3, -0.25) is 9.59 Å². The van der Waals surface area contributed by atoms with Crippen molar-refractivity contribution in [3.05, 3.63) is 101 Å². The van der Waals surface area contributed by atoms with Gasteiger partial charge in [0.05, 0.1) is 17.2 Å². The van der Waals surface area contributed by atoms with Crippen molar-refractivity contribution in [1.29, 1.82) is 0 Å². The first-order valence-electron chi connectivity index (χ1n) is 12.3. The number of rotatable bonds is 4. The number of fused-ring (bicyclic) bond motifs is 1. The van der Waals surface area contributed by atoms with E-state index in [0.717, 1.165) is 17.7 Å². The molecule has 4 rings (SSSR count). The molecule has 1 atom stereocenters. The van der Waals surface area contributed by atoms with Crippen LogP contribution in [-0.4, -0.2) is 53.9 Å². The summed E-state index contributed by atoms with van der Waals surface area (Å²) in [4.78, 5) is 30.2. The monoisotopic (exact) mass is 492 g/mol. The van der Waals surface area contributed by atoms with E-state index in [4.69, 9.17) is 4.74 Å². The Balaban J connectivity index is 1.71. The summed E-state index contributed by atoms with van der Waals surface area (Å²) in [5, 5.41) is 0. The third-order valence-corrected chi connectivity index (χ3v) is 6.47. The van der Waals surface area contributed by atoms with Gasteiger partial charge in [-0.25, -0.2) is 8.78 Å². The van der Waals surface area contributed by atoms with E-state index in [9.17, 15) is 18.4 Å². The second-order valence-electron chi connectivity index (χ2n) is 8.87. The fourth-order valence-electron chi connectivity index (χ4n) is 4.53. The number of hydrogen-bond donors (Lipinski definition) is 0. The standard InChI is InChI=1S/C29H30F2N2O3/c1-2-32-16-8-9-17-33(29(35)24-15-14-22(30)19-26(24)31)23(18-21-10-4-3-5-11-21)20-36-27-13-7-6-12-25(27)28(32)34/h3-7,10-15,19,23H,2,8-9,16-18,20H2,1H3/t23-/m1/s1. The zero-order valence-corrected chi connectivity index (χ0v) is 20.3. The van der Waals surface area contributed by atoms with Gasteiger partial charge in [-0.15, -0.1) is 0 Å². The number of nitrogens with zero attached hydrogens (tertiary/aromatic N) is 2. The van der Waals surface area contributed by atoms with E-state index >= 15 is 0 Å². The fourth-order valence-corrected chi connectivity index (χ4v) is 4.53. The Labute approximate surface area is 210 Å². The third-order valence-electron chi connectivity index (χ3n) is 6.47. The largest absolute Gasteiger partial charge is 0.491 e. The van der Waals surface area contributed by atoms with E-state index in [2.05, 4.69) is 0 Å². The first kappa shape index (κ1) is 25.4. The Hall–Kier alpha value is -3.74. The lowest BCUT2D eigenvalue weighted by atomic mass is 10.0. The predicted molar refractivity (Wildman–Crippen MR) is 134 cm³/mol. The number of carbonyl (C=O) groups excluding carboxylic acids is 2. The fraction of sp³-hybridized carbons (Fsp3) is 0.310.